The highest BCUT2D eigenvalue weighted by molar-refractivity contribution is 5.32. The number of hydrogen-bond donors (Lipinski definition) is 0. The van der Waals surface area contributed by atoms with Crippen molar-refractivity contribution in [2.45, 2.75) is 45.1 Å². The maximum absolute atomic E-state index is 12.2. The lowest BCUT2D eigenvalue weighted by atomic mass is 9.95. The van der Waals surface area contributed by atoms with E-state index in [0.29, 0.717) is 0 Å². The van der Waals surface area contributed by atoms with Crippen LogP contribution in [0.3, 0.4) is 0 Å². The second-order valence-electron chi connectivity index (χ2n) is 5.00. The quantitative estimate of drug-likeness (QED) is 0.596. The third-order valence-corrected chi connectivity index (χ3v) is 3.88. The molecule has 0 amide bonds. The summed E-state index contributed by atoms with van der Waals surface area (Å²) in [6.07, 6.45) is 4.44. The zero-order valence-corrected chi connectivity index (χ0v) is 11.1. The first kappa shape index (κ1) is 13.5. The van der Waals surface area contributed by atoms with Gasteiger partial charge in [-0.25, -0.2) is 4.79 Å². The zero-order valence-electron chi connectivity index (χ0n) is 11.1. The maximum Gasteiger partial charge on any atom is 0.353 e. The van der Waals surface area contributed by atoms with Gasteiger partial charge in [-0.2, -0.15) is 0 Å². The van der Waals surface area contributed by atoms with E-state index < -0.39 is 21.9 Å². The molecule has 1 fully saturated rings. The molecule has 0 saturated heterocycles. The second-order valence-corrected chi connectivity index (χ2v) is 5.00. The van der Waals surface area contributed by atoms with Crippen molar-refractivity contribution in [3.8, 4) is 0 Å². The summed E-state index contributed by atoms with van der Waals surface area (Å²) in [5.41, 5.74) is -1.61. The molecule has 0 bridgehead atoms. The monoisotopic (exact) mass is 267 g/mol. The highest BCUT2D eigenvalue weighted by Crippen LogP contribution is 2.26. The fourth-order valence-electron chi connectivity index (χ4n) is 2.69. The average Bonchev–Trinajstić information content (AvgIpc) is 2.37. The van der Waals surface area contributed by atoms with Gasteiger partial charge in [0.15, 0.2) is 0 Å². The molecule has 0 unspecified atom stereocenters. The van der Waals surface area contributed by atoms with E-state index in [0.717, 1.165) is 36.7 Å². The molecule has 0 atom stereocenters. The number of nitro groups is 1. The summed E-state index contributed by atoms with van der Waals surface area (Å²) < 4.78 is 2.26. The van der Waals surface area contributed by atoms with Crippen molar-refractivity contribution in [2.24, 2.45) is 7.05 Å². The maximum atomic E-state index is 12.2. The summed E-state index contributed by atoms with van der Waals surface area (Å²) in [5.74, 6) is 0. The lowest BCUT2D eigenvalue weighted by Gasteiger charge is -2.23. The first-order chi connectivity index (χ1) is 8.95. The third-order valence-electron chi connectivity index (χ3n) is 3.88. The summed E-state index contributed by atoms with van der Waals surface area (Å²) in [5, 5.41) is 11.0. The Hall–Kier alpha value is -1.92. The molecule has 104 valence electrons. The van der Waals surface area contributed by atoms with Crippen LogP contribution in [-0.2, 0) is 7.05 Å². The van der Waals surface area contributed by atoms with Gasteiger partial charge in [0.25, 0.3) is 0 Å². The minimum Gasteiger partial charge on any atom is -0.294 e. The smallest absolute Gasteiger partial charge is 0.294 e. The molecule has 0 spiro atoms. The van der Waals surface area contributed by atoms with Crippen LogP contribution in [0.2, 0.25) is 0 Å². The van der Waals surface area contributed by atoms with E-state index in [1.807, 2.05) is 0 Å². The molecule has 1 heterocycles. The minimum atomic E-state index is -0.766. The summed E-state index contributed by atoms with van der Waals surface area (Å²) in [6.45, 7) is 1.42. The van der Waals surface area contributed by atoms with E-state index in [1.165, 1.54) is 18.5 Å². The molecule has 1 aliphatic rings. The van der Waals surface area contributed by atoms with Gasteiger partial charge < -0.3 is 0 Å². The summed E-state index contributed by atoms with van der Waals surface area (Å²) in [7, 11) is 1.46. The molecular formula is C12H17N3O4. The fraction of sp³-hybridized carbons (Fsp3) is 0.667. The van der Waals surface area contributed by atoms with Crippen molar-refractivity contribution >= 4 is 5.69 Å². The minimum absolute atomic E-state index is 0.104. The van der Waals surface area contributed by atoms with Crippen molar-refractivity contribution in [1.29, 1.82) is 0 Å². The van der Waals surface area contributed by atoms with Gasteiger partial charge in [0, 0.05) is 13.1 Å². The summed E-state index contributed by atoms with van der Waals surface area (Å²) in [4.78, 5) is 34.7. The third kappa shape index (κ3) is 2.20. The van der Waals surface area contributed by atoms with Crippen LogP contribution in [0.5, 0.6) is 0 Å². The van der Waals surface area contributed by atoms with Gasteiger partial charge in [0.2, 0.25) is 0 Å². The van der Waals surface area contributed by atoms with Crippen LogP contribution < -0.4 is 11.2 Å². The van der Waals surface area contributed by atoms with Gasteiger partial charge in [-0.15, -0.1) is 0 Å². The number of rotatable bonds is 2. The molecule has 1 aromatic rings. The van der Waals surface area contributed by atoms with Crippen LogP contribution in [-0.4, -0.2) is 14.1 Å². The van der Waals surface area contributed by atoms with E-state index in [-0.39, 0.29) is 11.7 Å². The van der Waals surface area contributed by atoms with E-state index >= 15 is 0 Å². The first-order valence-corrected chi connectivity index (χ1v) is 6.41. The summed E-state index contributed by atoms with van der Waals surface area (Å²) >= 11 is 0. The number of hydrogen-bond acceptors (Lipinski definition) is 4. The molecule has 0 radical (unpaired) electrons. The van der Waals surface area contributed by atoms with E-state index in [2.05, 4.69) is 0 Å². The Morgan fingerprint density at radius 1 is 1.21 bits per heavy atom. The highest BCUT2D eigenvalue weighted by Gasteiger charge is 2.28. The molecule has 19 heavy (non-hydrogen) atoms. The predicted molar refractivity (Wildman–Crippen MR) is 69.5 cm³/mol. The van der Waals surface area contributed by atoms with Crippen molar-refractivity contribution in [2.75, 3.05) is 0 Å². The van der Waals surface area contributed by atoms with E-state index in [9.17, 15) is 19.7 Å². The van der Waals surface area contributed by atoms with Crippen molar-refractivity contribution in [3.05, 3.63) is 36.6 Å². The van der Waals surface area contributed by atoms with Crippen molar-refractivity contribution < 1.29 is 4.92 Å². The largest absolute Gasteiger partial charge is 0.353 e. The SMILES string of the molecule is Cc1c([N+](=O)[O-])c(=O)n(C2CCCCC2)c(=O)n1C. The van der Waals surface area contributed by atoms with Crippen molar-refractivity contribution in [1.82, 2.24) is 9.13 Å². The molecule has 0 N–H and O–H groups in total. The van der Waals surface area contributed by atoms with Gasteiger partial charge in [-0.05, 0) is 19.8 Å². The molecule has 7 nitrogen and oxygen atoms in total. The van der Waals surface area contributed by atoms with E-state index in [4.69, 9.17) is 0 Å². The second kappa shape index (κ2) is 4.99. The Labute approximate surface area is 109 Å². The molecule has 7 heteroatoms. The van der Waals surface area contributed by atoms with Crippen LogP contribution >= 0.6 is 0 Å². The lowest BCUT2D eigenvalue weighted by molar-refractivity contribution is -0.387. The zero-order chi connectivity index (χ0) is 14.2. The number of nitrogens with zero attached hydrogens (tertiary/aromatic N) is 3. The van der Waals surface area contributed by atoms with E-state index in [1.54, 1.807) is 0 Å². The highest BCUT2D eigenvalue weighted by atomic mass is 16.6. The predicted octanol–water partition coefficient (Wildman–Crippen LogP) is 1.27. The topological polar surface area (TPSA) is 87.1 Å². The van der Waals surface area contributed by atoms with Crippen LogP contribution in [0.1, 0.15) is 43.8 Å². The van der Waals surface area contributed by atoms with Gasteiger partial charge in [-0.1, -0.05) is 19.3 Å². The molecule has 2 rings (SSSR count). The molecule has 0 aliphatic heterocycles. The van der Waals surface area contributed by atoms with Gasteiger partial charge in [0.05, 0.1) is 4.92 Å². The Balaban J connectivity index is 2.70. The molecule has 0 aromatic carbocycles. The molecule has 1 aromatic heterocycles. The Morgan fingerprint density at radius 3 is 2.32 bits per heavy atom. The Bertz CT molecular complexity index is 623. The first-order valence-electron chi connectivity index (χ1n) is 6.41. The number of aromatic nitrogens is 2. The Kier molecular flexibility index (Phi) is 3.55. The van der Waals surface area contributed by atoms with Gasteiger partial charge in [0.1, 0.15) is 5.69 Å². The molecule has 1 saturated carbocycles. The van der Waals surface area contributed by atoms with Crippen LogP contribution in [0, 0.1) is 17.0 Å². The van der Waals surface area contributed by atoms with Gasteiger partial charge in [-0.3, -0.25) is 24.0 Å². The van der Waals surface area contributed by atoms with Gasteiger partial charge >= 0.3 is 16.9 Å². The fourth-order valence-corrected chi connectivity index (χ4v) is 2.69. The summed E-state index contributed by atoms with van der Waals surface area (Å²) in [6, 6.07) is -0.209. The van der Waals surface area contributed by atoms with Crippen LogP contribution in [0.15, 0.2) is 9.59 Å². The normalized spacial score (nSPS) is 16.5. The lowest BCUT2D eigenvalue weighted by Crippen LogP contribution is -2.43. The van der Waals surface area contributed by atoms with Crippen molar-refractivity contribution in [3.63, 3.8) is 0 Å². The average molecular weight is 267 g/mol. The van der Waals surface area contributed by atoms with Crippen LogP contribution in [0.4, 0.5) is 5.69 Å². The Morgan fingerprint density at radius 2 is 1.79 bits per heavy atom. The molecular weight excluding hydrogens is 250 g/mol. The van der Waals surface area contributed by atoms with Crippen LogP contribution in [0.25, 0.3) is 0 Å². The molecule has 1 aliphatic carbocycles. The standard InChI is InChI=1S/C12H17N3O4/c1-8-10(15(18)19)11(16)14(12(17)13(8)2)9-6-4-3-5-7-9/h9H,3-7H2,1-2H3.